The van der Waals surface area contributed by atoms with E-state index >= 15 is 0 Å². The first-order chi connectivity index (χ1) is 13.1. The average molecular weight is 389 g/mol. The minimum Gasteiger partial charge on any atom is -0.483 e. The summed E-state index contributed by atoms with van der Waals surface area (Å²) in [5.41, 5.74) is 2.20. The van der Waals surface area contributed by atoms with Crippen LogP contribution in [0.15, 0.2) is 35.3 Å². The van der Waals surface area contributed by atoms with Gasteiger partial charge in [-0.3, -0.25) is 4.79 Å². The van der Waals surface area contributed by atoms with Gasteiger partial charge in [0.15, 0.2) is 10.8 Å². The molecule has 4 nitrogen and oxygen atoms in total. The van der Waals surface area contributed by atoms with Crippen molar-refractivity contribution in [2.75, 3.05) is 0 Å². The van der Waals surface area contributed by atoms with Crippen LogP contribution in [0, 0.1) is 0 Å². The third kappa shape index (κ3) is 4.92. The van der Waals surface area contributed by atoms with E-state index in [1.54, 1.807) is 6.20 Å². The highest BCUT2D eigenvalue weighted by Crippen LogP contribution is 2.33. The molecule has 1 heterocycles. The van der Waals surface area contributed by atoms with Crippen LogP contribution in [0.1, 0.15) is 81.9 Å². The van der Waals surface area contributed by atoms with Crippen molar-refractivity contribution < 1.29 is 4.74 Å². The summed E-state index contributed by atoms with van der Waals surface area (Å²) in [6.07, 6.45) is 9.86. The van der Waals surface area contributed by atoms with E-state index in [0.29, 0.717) is 18.2 Å². The fourth-order valence-electron chi connectivity index (χ4n) is 3.73. The topological polar surface area (TPSA) is 44.1 Å². The number of aromatic nitrogens is 2. The maximum atomic E-state index is 12.3. The van der Waals surface area contributed by atoms with Gasteiger partial charge in [0.2, 0.25) is 0 Å². The Morgan fingerprint density at radius 3 is 2.59 bits per heavy atom. The molecule has 3 rings (SSSR count). The van der Waals surface area contributed by atoms with Crippen LogP contribution < -0.4 is 10.3 Å². The quantitative estimate of drug-likeness (QED) is 0.594. The molecule has 0 amide bonds. The Balaban J connectivity index is 1.68. The lowest BCUT2D eigenvalue weighted by molar-refractivity contribution is 0.224. The number of aryl methyl sites for hydroxylation is 1. The Morgan fingerprint density at radius 2 is 1.93 bits per heavy atom. The van der Waals surface area contributed by atoms with Crippen LogP contribution in [0.3, 0.4) is 0 Å². The van der Waals surface area contributed by atoms with Crippen molar-refractivity contribution in [3.8, 4) is 5.75 Å². The van der Waals surface area contributed by atoms with E-state index in [-0.39, 0.29) is 16.7 Å². The molecule has 1 aliphatic carbocycles. The van der Waals surface area contributed by atoms with Gasteiger partial charge in [0, 0.05) is 6.54 Å². The third-order valence-electron chi connectivity index (χ3n) is 5.46. The minimum atomic E-state index is -0.289. The molecule has 1 aromatic carbocycles. The molecule has 0 aliphatic heterocycles. The molecular formula is C22H29ClN2O2. The molecule has 146 valence electrons. The highest BCUT2D eigenvalue weighted by atomic mass is 35.5. The van der Waals surface area contributed by atoms with Gasteiger partial charge in [-0.25, -0.2) is 4.68 Å². The highest BCUT2D eigenvalue weighted by Gasteiger charge is 2.17. The number of nitrogens with zero attached hydrogens (tertiary/aromatic N) is 2. The van der Waals surface area contributed by atoms with Crippen molar-refractivity contribution in [2.45, 2.75) is 77.4 Å². The van der Waals surface area contributed by atoms with E-state index in [4.69, 9.17) is 16.3 Å². The highest BCUT2D eigenvalue weighted by molar-refractivity contribution is 6.31. The van der Waals surface area contributed by atoms with Crippen LogP contribution in [0.4, 0.5) is 0 Å². The SMILES string of the molecule is CCCCn1ncc(OC(C)c2ccc(C3CCCCC3)cc2)c(Cl)c1=O. The molecule has 5 heteroatoms. The molecule has 0 spiro atoms. The van der Waals surface area contributed by atoms with Gasteiger partial charge in [0.1, 0.15) is 6.10 Å². The Morgan fingerprint density at radius 1 is 1.22 bits per heavy atom. The van der Waals surface area contributed by atoms with Crippen molar-refractivity contribution in [3.63, 3.8) is 0 Å². The number of rotatable bonds is 7. The van der Waals surface area contributed by atoms with E-state index in [1.807, 2.05) is 6.92 Å². The monoisotopic (exact) mass is 388 g/mol. The van der Waals surface area contributed by atoms with Gasteiger partial charge in [-0.1, -0.05) is 68.5 Å². The first-order valence-corrected chi connectivity index (χ1v) is 10.5. The van der Waals surface area contributed by atoms with Crippen molar-refractivity contribution >= 4 is 11.6 Å². The van der Waals surface area contributed by atoms with Gasteiger partial charge in [-0.05, 0) is 43.2 Å². The minimum absolute atomic E-state index is 0.103. The Kier molecular flexibility index (Phi) is 6.95. The first-order valence-electron chi connectivity index (χ1n) is 10.1. The van der Waals surface area contributed by atoms with Crippen LogP contribution in [0.25, 0.3) is 0 Å². The number of hydrogen-bond acceptors (Lipinski definition) is 3. The van der Waals surface area contributed by atoms with Crippen LogP contribution in [-0.2, 0) is 6.54 Å². The molecular weight excluding hydrogens is 360 g/mol. The number of benzene rings is 1. The molecule has 1 atom stereocenters. The van der Waals surface area contributed by atoms with E-state index in [1.165, 1.54) is 42.3 Å². The zero-order valence-corrected chi connectivity index (χ0v) is 17.0. The summed E-state index contributed by atoms with van der Waals surface area (Å²) in [7, 11) is 0. The number of ether oxygens (including phenoxy) is 1. The van der Waals surface area contributed by atoms with Crippen molar-refractivity contribution in [3.05, 3.63) is 57.0 Å². The summed E-state index contributed by atoms with van der Waals surface area (Å²) < 4.78 is 7.35. The molecule has 1 saturated carbocycles. The van der Waals surface area contributed by atoms with Crippen molar-refractivity contribution in [1.82, 2.24) is 9.78 Å². The Bertz CT molecular complexity index is 795. The summed E-state index contributed by atoms with van der Waals surface area (Å²) in [5.74, 6) is 1.04. The average Bonchev–Trinajstić information content (AvgIpc) is 2.71. The van der Waals surface area contributed by atoms with E-state index in [0.717, 1.165) is 18.4 Å². The second kappa shape index (κ2) is 9.41. The van der Waals surface area contributed by atoms with Crippen LogP contribution in [0.2, 0.25) is 5.02 Å². The summed E-state index contributed by atoms with van der Waals surface area (Å²) in [6, 6.07) is 8.68. The zero-order chi connectivity index (χ0) is 19.2. The number of unbranched alkanes of at least 4 members (excludes halogenated alkanes) is 1. The van der Waals surface area contributed by atoms with Crippen molar-refractivity contribution in [2.24, 2.45) is 0 Å². The molecule has 1 aliphatic rings. The van der Waals surface area contributed by atoms with E-state index in [9.17, 15) is 4.79 Å². The molecule has 1 fully saturated rings. The lowest BCUT2D eigenvalue weighted by Crippen LogP contribution is -2.24. The first kappa shape index (κ1) is 19.9. The largest absolute Gasteiger partial charge is 0.483 e. The normalized spacial score (nSPS) is 16.3. The van der Waals surface area contributed by atoms with Gasteiger partial charge in [0.25, 0.3) is 5.56 Å². The smallest absolute Gasteiger partial charge is 0.289 e. The maximum absolute atomic E-state index is 12.3. The molecule has 27 heavy (non-hydrogen) atoms. The van der Waals surface area contributed by atoms with Gasteiger partial charge in [-0.15, -0.1) is 0 Å². The van der Waals surface area contributed by atoms with Crippen LogP contribution in [-0.4, -0.2) is 9.78 Å². The lowest BCUT2D eigenvalue weighted by Gasteiger charge is -2.22. The van der Waals surface area contributed by atoms with Crippen LogP contribution >= 0.6 is 11.6 Å². The van der Waals surface area contributed by atoms with E-state index < -0.39 is 0 Å². The van der Waals surface area contributed by atoms with Gasteiger partial charge in [0.05, 0.1) is 6.20 Å². The molecule has 1 unspecified atom stereocenters. The Labute approximate surface area is 166 Å². The lowest BCUT2D eigenvalue weighted by atomic mass is 9.84. The molecule has 2 aromatic rings. The molecule has 0 bridgehead atoms. The number of halogens is 1. The summed E-state index contributed by atoms with van der Waals surface area (Å²) in [4.78, 5) is 12.3. The summed E-state index contributed by atoms with van der Waals surface area (Å²) in [5, 5.41) is 4.30. The third-order valence-corrected chi connectivity index (χ3v) is 5.81. The summed E-state index contributed by atoms with van der Waals surface area (Å²) >= 11 is 6.24. The van der Waals surface area contributed by atoms with Gasteiger partial charge in [-0.2, -0.15) is 5.10 Å². The maximum Gasteiger partial charge on any atom is 0.289 e. The fourth-order valence-corrected chi connectivity index (χ4v) is 3.92. The predicted molar refractivity (Wildman–Crippen MR) is 110 cm³/mol. The molecule has 0 radical (unpaired) electrons. The van der Waals surface area contributed by atoms with Gasteiger partial charge < -0.3 is 4.74 Å². The second-order valence-corrected chi connectivity index (χ2v) is 7.84. The summed E-state index contributed by atoms with van der Waals surface area (Å²) in [6.45, 7) is 4.62. The number of hydrogen-bond donors (Lipinski definition) is 0. The fraction of sp³-hybridized carbons (Fsp3) is 0.545. The van der Waals surface area contributed by atoms with Crippen molar-refractivity contribution in [1.29, 1.82) is 0 Å². The molecule has 0 N–H and O–H groups in total. The second-order valence-electron chi connectivity index (χ2n) is 7.47. The predicted octanol–water partition coefficient (Wildman–Crippen LogP) is 5.88. The molecule has 0 saturated heterocycles. The van der Waals surface area contributed by atoms with Crippen LogP contribution in [0.5, 0.6) is 5.75 Å². The molecule has 1 aromatic heterocycles. The van der Waals surface area contributed by atoms with E-state index in [2.05, 4.69) is 36.3 Å². The standard InChI is InChI=1S/C22H29ClN2O2/c1-3-4-14-25-22(26)21(23)20(15-24-25)27-16(2)17-10-12-19(13-11-17)18-8-6-5-7-9-18/h10-13,15-16,18H,3-9,14H2,1-2H3. The van der Waals surface area contributed by atoms with Gasteiger partial charge >= 0.3 is 0 Å². The zero-order valence-electron chi connectivity index (χ0n) is 16.3. The Hall–Kier alpha value is -1.81.